The number of pyridine rings is 1. The van der Waals surface area contributed by atoms with Gasteiger partial charge >= 0.3 is 0 Å². The smallest absolute Gasteiger partial charge is 0.253 e. The maximum absolute atomic E-state index is 11.6. The van der Waals surface area contributed by atoms with Crippen molar-refractivity contribution in [3.63, 3.8) is 0 Å². The molecule has 1 rings (SSSR count). The summed E-state index contributed by atoms with van der Waals surface area (Å²) in [6.07, 6.45) is 6.11. The van der Waals surface area contributed by atoms with E-state index in [1.54, 1.807) is 19.1 Å². The van der Waals surface area contributed by atoms with E-state index >= 15 is 0 Å². The lowest BCUT2D eigenvalue weighted by atomic mass is 10.2. The minimum absolute atomic E-state index is 0.197. The summed E-state index contributed by atoms with van der Waals surface area (Å²) in [6.45, 7) is 2.39. The van der Waals surface area contributed by atoms with E-state index in [0.717, 1.165) is 0 Å². The second-order valence-electron chi connectivity index (χ2n) is 4.02. The number of aliphatic hydroxyl groups is 1. The van der Waals surface area contributed by atoms with Gasteiger partial charge in [-0.25, -0.2) is 4.98 Å². The van der Waals surface area contributed by atoms with E-state index in [4.69, 9.17) is 6.42 Å². The zero-order valence-electron chi connectivity index (χ0n) is 10.6. The van der Waals surface area contributed by atoms with Gasteiger partial charge in [-0.1, -0.05) is 5.92 Å². The van der Waals surface area contributed by atoms with E-state index in [9.17, 15) is 9.90 Å². The Hall–Kier alpha value is -2.06. The number of aromatic nitrogens is 1. The highest BCUT2D eigenvalue weighted by Crippen LogP contribution is 2.09. The van der Waals surface area contributed by atoms with Gasteiger partial charge in [0.15, 0.2) is 0 Å². The van der Waals surface area contributed by atoms with Crippen LogP contribution in [0.1, 0.15) is 17.3 Å². The molecule has 5 heteroatoms. The highest BCUT2D eigenvalue weighted by molar-refractivity contribution is 5.94. The molecule has 1 amide bonds. The number of likely N-dealkylation sites (N-methyl/N-ethyl adjacent to an activating group) is 1. The Balaban J connectivity index is 2.68. The third-order valence-corrected chi connectivity index (χ3v) is 2.29. The van der Waals surface area contributed by atoms with Gasteiger partial charge < -0.3 is 15.3 Å². The van der Waals surface area contributed by atoms with Crippen LogP contribution in [0.25, 0.3) is 0 Å². The predicted molar refractivity (Wildman–Crippen MR) is 70.4 cm³/mol. The van der Waals surface area contributed by atoms with Crippen molar-refractivity contribution in [2.45, 2.75) is 13.0 Å². The number of rotatable bonds is 5. The molecule has 0 aromatic carbocycles. The molecular formula is C13H17N3O2. The van der Waals surface area contributed by atoms with E-state index in [1.165, 1.54) is 6.20 Å². The van der Waals surface area contributed by atoms with E-state index < -0.39 is 6.10 Å². The van der Waals surface area contributed by atoms with Gasteiger partial charge in [0.1, 0.15) is 5.82 Å². The number of carbonyl (C=O) groups is 1. The summed E-state index contributed by atoms with van der Waals surface area (Å²) in [7, 11) is 1.83. The predicted octanol–water partition coefficient (Wildman–Crippen LogP) is 0.262. The van der Waals surface area contributed by atoms with Crippen LogP contribution in [0.4, 0.5) is 5.82 Å². The Bertz CT molecular complexity index is 435. The highest BCUT2D eigenvalue weighted by Gasteiger charge is 2.08. The molecule has 0 fully saturated rings. The average Bonchev–Trinajstić information content (AvgIpc) is 2.35. The summed E-state index contributed by atoms with van der Waals surface area (Å²) in [5.41, 5.74) is 0.458. The van der Waals surface area contributed by atoms with E-state index in [2.05, 4.69) is 16.2 Å². The van der Waals surface area contributed by atoms with Crippen LogP contribution in [0.2, 0.25) is 0 Å². The molecule has 0 aliphatic heterocycles. The molecule has 96 valence electrons. The fraction of sp³-hybridized carbons (Fsp3) is 0.385. The maximum Gasteiger partial charge on any atom is 0.253 e. The Morgan fingerprint density at radius 3 is 2.89 bits per heavy atom. The molecule has 2 N–H and O–H groups in total. The van der Waals surface area contributed by atoms with Gasteiger partial charge in [-0.3, -0.25) is 4.79 Å². The zero-order valence-corrected chi connectivity index (χ0v) is 10.6. The van der Waals surface area contributed by atoms with Gasteiger partial charge in [0, 0.05) is 19.8 Å². The lowest BCUT2D eigenvalue weighted by molar-refractivity contribution is 0.0958. The number of anilines is 1. The monoisotopic (exact) mass is 247 g/mol. The van der Waals surface area contributed by atoms with E-state index in [0.29, 0.717) is 17.9 Å². The summed E-state index contributed by atoms with van der Waals surface area (Å²) in [5, 5.41) is 11.8. The zero-order chi connectivity index (χ0) is 13.5. The first-order valence-electron chi connectivity index (χ1n) is 5.61. The number of nitrogens with zero attached hydrogens (tertiary/aromatic N) is 2. The minimum atomic E-state index is -0.435. The van der Waals surface area contributed by atoms with Crippen LogP contribution in [0.3, 0.4) is 0 Å². The van der Waals surface area contributed by atoms with Crippen LogP contribution in [-0.4, -0.2) is 42.2 Å². The molecule has 1 atom stereocenters. The van der Waals surface area contributed by atoms with E-state index in [1.807, 2.05) is 11.9 Å². The van der Waals surface area contributed by atoms with Crippen LogP contribution in [-0.2, 0) is 0 Å². The van der Waals surface area contributed by atoms with Gasteiger partial charge in [-0.2, -0.15) is 0 Å². The van der Waals surface area contributed by atoms with Crippen molar-refractivity contribution in [2.24, 2.45) is 0 Å². The molecule has 1 heterocycles. The number of terminal acetylenes is 1. The lowest BCUT2D eigenvalue weighted by Gasteiger charge is -2.19. The van der Waals surface area contributed by atoms with Gasteiger partial charge in [-0.15, -0.1) is 6.42 Å². The first kappa shape index (κ1) is 14.0. The summed E-state index contributed by atoms with van der Waals surface area (Å²) in [6, 6.07) is 3.40. The van der Waals surface area contributed by atoms with Crippen molar-refractivity contribution in [1.29, 1.82) is 0 Å². The minimum Gasteiger partial charge on any atom is -0.392 e. The molecule has 1 aromatic heterocycles. The summed E-state index contributed by atoms with van der Waals surface area (Å²) < 4.78 is 0. The number of carbonyl (C=O) groups excluding carboxylic acids is 1. The standard InChI is InChI=1S/C13H17N3O2/c1-4-7-14-13(18)11-5-6-12(15-8-11)16(3)9-10(2)17/h1,5-6,8,10,17H,7,9H2,2-3H3,(H,14,18)/t10-/m0/s1. The molecule has 0 spiro atoms. The number of hydrogen-bond acceptors (Lipinski definition) is 4. The number of hydrogen-bond donors (Lipinski definition) is 2. The van der Waals surface area contributed by atoms with Gasteiger partial charge in [0.05, 0.1) is 18.2 Å². The molecule has 0 aliphatic rings. The first-order chi connectivity index (χ1) is 8.54. The second kappa shape index (κ2) is 6.62. The largest absolute Gasteiger partial charge is 0.392 e. The molecule has 0 aliphatic carbocycles. The molecule has 18 heavy (non-hydrogen) atoms. The SMILES string of the molecule is C#CCNC(=O)c1ccc(N(C)C[C@H](C)O)nc1. The van der Waals surface area contributed by atoms with Crippen molar-refractivity contribution >= 4 is 11.7 Å². The molecule has 1 aromatic rings. The van der Waals surface area contributed by atoms with Crippen molar-refractivity contribution < 1.29 is 9.90 Å². The molecule has 0 bridgehead atoms. The number of amides is 1. The van der Waals surface area contributed by atoms with Crippen LogP contribution >= 0.6 is 0 Å². The topological polar surface area (TPSA) is 65.5 Å². The maximum atomic E-state index is 11.6. The van der Waals surface area contributed by atoms with Crippen LogP contribution in [0.5, 0.6) is 0 Å². The van der Waals surface area contributed by atoms with Gasteiger partial charge in [-0.05, 0) is 19.1 Å². The van der Waals surface area contributed by atoms with Crippen molar-refractivity contribution in [3.8, 4) is 12.3 Å². The Labute approximate surface area is 107 Å². The van der Waals surface area contributed by atoms with Crippen LogP contribution in [0, 0.1) is 12.3 Å². The quantitative estimate of drug-likeness (QED) is 0.733. The van der Waals surface area contributed by atoms with E-state index in [-0.39, 0.29) is 12.5 Å². The van der Waals surface area contributed by atoms with Gasteiger partial charge in [0.2, 0.25) is 0 Å². The average molecular weight is 247 g/mol. The fourth-order valence-electron chi connectivity index (χ4n) is 1.47. The molecule has 0 saturated heterocycles. The normalized spacial score (nSPS) is 11.4. The Morgan fingerprint density at radius 2 is 2.39 bits per heavy atom. The second-order valence-corrected chi connectivity index (χ2v) is 4.02. The fourth-order valence-corrected chi connectivity index (χ4v) is 1.47. The van der Waals surface area contributed by atoms with Crippen LogP contribution in [0.15, 0.2) is 18.3 Å². The molecule has 0 unspecified atom stereocenters. The van der Waals surface area contributed by atoms with Crippen molar-refractivity contribution in [3.05, 3.63) is 23.9 Å². The Morgan fingerprint density at radius 1 is 1.67 bits per heavy atom. The van der Waals surface area contributed by atoms with Crippen molar-refractivity contribution in [1.82, 2.24) is 10.3 Å². The highest BCUT2D eigenvalue weighted by atomic mass is 16.3. The van der Waals surface area contributed by atoms with Crippen LogP contribution < -0.4 is 10.2 Å². The Kier molecular flexibility index (Phi) is 5.15. The molecule has 0 radical (unpaired) electrons. The van der Waals surface area contributed by atoms with Gasteiger partial charge in [0.25, 0.3) is 5.91 Å². The van der Waals surface area contributed by atoms with Crippen molar-refractivity contribution in [2.75, 3.05) is 25.0 Å². The number of nitrogens with one attached hydrogen (secondary N) is 1. The summed E-state index contributed by atoms with van der Waals surface area (Å²) in [5.74, 6) is 2.78. The summed E-state index contributed by atoms with van der Waals surface area (Å²) >= 11 is 0. The lowest BCUT2D eigenvalue weighted by Crippen LogP contribution is -2.28. The first-order valence-corrected chi connectivity index (χ1v) is 5.61. The third-order valence-electron chi connectivity index (χ3n) is 2.29. The summed E-state index contributed by atoms with van der Waals surface area (Å²) in [4.78, 5) is 17.5. The third kappa shape index (κ3) is 4.07. The molecule has 0 saturated carbocycles. The molecule has 5 nitrogen and oxygen atoms in total. The number of aliphatic hydroxyl groups excluding tert-OH is 1. The molecular weight excluding hydrogens is 230 g/mol.